The number of thiophene rings is 1. The average Bonchev–Trinajstić information content (AvgIpc) is 3.09. The Labute approximate surface area is 137 Å². The third kappa shape index (κ3) is 3.62. The van der Waals surface area contributed by atoms with Crippen LogP contribution in [0.3, 0.4) is 0 Å². The van der Waals surface area contributed by atoms with Crippen molar-refractivity contribution in [3.63, 3.8) is 0 Å². The molecule has 2 aromatic heterocycles. The number of rotatable bonds is 4. The molecule has 23 heavy (non-hydrogen) atoms. The number of nitrogens with zero attached hydrogens (tertiary/aromatic N) is 1. The largest absolute Gasteiger partial charge is 0.476 e. The van der Waals surface area contributed by atoms with Gasteiger partial charge >= 0.3 is 0 Å². The van der Waals surface area contributed by atoms with Crippen molar-refractivity contribution in [3.8, 4) is 5.75 Å². The first-order valence-electron chi connectivity index (χ1n) is 7.28. The van der Waals surface area contributed by atoms with Gasteiger partial charge in [0.1, 0.15) is 11.9 Å². The zero-order chi connectivity index (χ0) is 16.2. The van der Waals surface area contributed by atoms with Crippen molar-refractivity contribution < 1.29 is 18.7 Å². The number of hydrogen-bond donors (Lipinski definition) is 0. The van der Waals surface area contributed by atoms with Gasteiger partial charge in [0, 0.05) is 12.6 Å². The van der Waals surface area contributed by atoms with E-state index in [2.05, 4.69) is 0 Å². The lowest BCUT2D eigenvalue weighted by molar-refractivity contribution is -0.141. The highest BCUT2D eigenvalue weighted by molar-refractivity contribution is 7.07. The molecule has 0 bridgehead atoms. The number of carbonyl (C=O) groups is 1. The maximum Gasteiger partial charge on any atom is 0.260 e. The summed E-state index contributed by atoms with van der Waals surface area (Å²) in [6.07, 6.45) is 1.20. The maximum absolute atomic E-state index is 12.3. The van der Waals surface area contributed by atoms with Crippen molar-refractivity contribution in [2.24, 2.45) is 0 Å². The Bertz CT molecular complexity index is 724. The minimum Gasteiger partial charge on any atom is -0.476 e. The number of carbonyl (C=O) groups excluding carboxylic acids is 1. The monoisotopic (exact) mass is 335 g/mol. The molecule has 0 spiro atoms. The molecule has 2 aromatic rings. The first-order valence-corrected chi connectivity index (χ1v) is 8.22. The number of aryl methyl sites for hydroxylation is 1. The smallest absolute Gasteiger partial charge is 0.260 e. The van der Waals surface area contributed by atoms with Crippen LogP contribution in [0.25, 0.3) is 0 Å². The third-order valence-electron chi connectivity index (χ3n) is 3.68. The Kier molecular flexibility index (Phi) is 4.78. The number of morpholine rings is 1. The number of hydrogen-bond acceptors (Lipinski definition) is 6. The van der Waals surface area contributed by atoms with Crippen LogP contribution in [0.5, 0.6) is 5.75 Å². The molecule has 0 radical (unpaired) electrons. The highest BCUT2D eigenvalue weighted by Crippen LogP contribution is 2.24. The molecule has 122 valence electrons. The lowest BCUT2D eigenvalue weighted by Crippen LogP contribution is -2.44. The zero-order valence-corrected chi connectivity index (χ0v) is 13.5. The van der Waals surface area contributed by atoms with E-state index in [0.717, 1.165) is 5.56 Å². The van der Waals surface area contributed by atoms with E-state index in [0.29, 0.717) is 25.5 Å². The van der Waals surface area contributed by atoms with Crippen LogP contribution < -0.4 is 10.2 Å². The molecule has 0 N–H and O–H groups in total. The van der Waals surface area contributed by atoms with Gasteiger partial charge in [-0.05, 0) is 29.3 Å². The van der Waals surface area contributed by atoms with Gasteiger partial charge in [0.25, 0.3) is 5.91 Å². The Morgan fingerprint density at radius 1 is 1.48 bits per heavy atom. The van der Waals surface area contributed by atoms with Gasteiger partial charge in [0.05, 0.1) is 19.4 Å². The molecule has 1 aliphatic heterocycles. The van der Waals surface area contributed by atoms with Crippen LogP contribution in [0.15, 0.2) is 38.4 Å². The molecular weight excluding hydrogens is 318 g/mol. The molecule has 1 unspecified atom stereocenters. The molecule has 1 aliphatic rings. The third-order valence-corrected chi connectivity index (χ3v) is 4.38. The predicted molar refractivity (Wildman–Crippen MR) is 84.8 cm³/mol. The van der Waals surface area contributed by atoms with Crippen molar-refractivity contribution in [3.05, 3.63) is 50.7 Å². The Hall–Kier alpha value is -2.12. The number of ether oxygens (including phenoxy) is 2. The summed E-state index contributed by atoms with van der Waals surface area (Å²) in [4.78, 5) is 25.7. The van der Waals surface area contributed by atoms with Crippen LogP contribution in [-0.2, 0) is 9.53 Å². The summed E-state index contributed by atoms with van der Waals surface area (Å²) in [7, 11) is 0. The van der Waals surface area contributed by atoms with Crippen LogP contribution in [0, 0.1) is 6.92 Å². The van der Waals surface area contributed by atoms with Gasteiger partial charge in [0.15, 0.2) is 6.61 Å². The summed E-state index contributed by atoms with van der Waals surface area (Å²) >= 11 is 1.60. The molecule has 0 saturated carbocycles. The van der Waals surface area contributed by atoms with Crippen LogP contribution in [0.1, 0.15) is 17.4 Å². The van der Waals surface area contributed by atoms with Gasteiger partial charge in [-0.2, -0.15) is 11.3 Å². The Balaban J connectivity index is 1.61. The van der Waals surface area contributed by atoms with Crippen LogP contribution in [0.4, 0.5) is 0 Å². The highest BCUT2D eigenvalue weighted by atomic mass is 32.1. The first kappa shape index (κ1) is 15.8. The van der Waals surface area contributed by atoms with Gasteiger partial charge < -0.3 is 18.8 Å². The minimum absolute atomic E-state index is 0.0866. The molecule has 3 heterocycles. The van der Waals surface area contributed by atoms with E-state index in [9.17, 15) is 9.59 Å². The minimum atomic E-state index is -0.292. The molecular formula is C16H17NO5S. The van der Waals surface area contributed by atoms with Crippen molar-refractivity contribution in [2.75, 3.05) is 26.3 Å². The fraction of sp³-hybridized carbons (Fsp3) is 0.375. The van der Waals surface area contributed by atoms with Gasteiger partial charge in [0.2, 0.25) is 11.2 Å². The van der Waals surface area contributed by atoms with E-state index in [1.54, 1.807) is 23.2 Å². The fourth-order valence-corrected chi connectivity index (χ4v) is 3.14. The van der Waals surface area contributed by atoms with Crippen molar-refractivity contribution in [1.82, 2.24) is 4.90 Å². The van der Waals surface area contributed by atoms with Gasteiger partial charge in [-0.15, -0.1) is 0 Å². The van der Waals surface area contributed by atoms with E-state index in [1.165, 1.54) is 12.3 Å². The summed E-state index contributed by atoms with van der Waals surface area (Å²) < 4.78 is 16.2. The normalized spacial score (nSPS) is 18.0. The zero-order valence-electron chi connectivity index (χ0n) is 12.7. The summed E-state index contributed by atoms with van der Waals surface area (Å²) in [5, 5.41) is 4.01. The van der Waals surface area contributed by atoms with Crippen molar-refractivity contribution in [1.29, 1.82) is 0 Å². The van der Waals surface area contributed by atoms with Crippen LogP contribution >= 0.6 is 11.3 Å². The van der Waals surface area contributed by atoms with Crippen LogP contribution in [0.2, 0.25) is 0 Å². The maximum atomic E-state index is 12.3. The topological polar surface area (TPSA) is 69.0 Å². The molecule has 1 amide bonds. The summed E-state index contributed by atoms with van der Waals surface area (Å²) in [6, 6.07) is 3.27. The van der Waals surface area contributed by atoms with Gasteiger partial charge in [-0.25, -0.2) is 0 Å². The molecule has 1 fully saturated rings. The second-order valence-corrected chi connectivity index (χ2v) is 5.99. The molecule has 1 atom stereocenters. The molecule has 0 aliphatic carbocycles. The van der Waals surface area contributed by atoms with E-state index < -0.39 is 0 Å². The Morgan fingerprint density at radius 2 is 2.35 bits per heavy atom. The standard InChI is InChI=1S/C16H17NO5S/c1-11-16(13(18)2-5-20-11)22-9-15(19)17-4-6-21-14(8-17)12-3-7-23-10-12/h2-3,5,7,10,14H,4,6,8-9H2,1H3. The summed E-state index contributed by atoms with van der Waals surface area (Å²) in [5.41, 5.74) is 0.785. The lowest BCUT2D eigenvalue weighted by Gasteiger charge is -2.32. The van der Waals surface area contributed by atoms with Crippen LogP contribution in [-0.4, -0.2) is 37.1 Å². The first-order chi connectivity index (χ1) is 11.1. The van der Waals surface area contributed by atoms with Crippen molar-refractivity contribution >= 4 is 17.2 Å². The summed E-state index contributed by atoms with van der Waals surface area (Å²) in [5.74, 6) is 0.281. The van der Waals surface area contributed by atoms with Crippen molar-refractivity contribution in [2.45, 2.75) is 13.0 Å². The molecule has 3 rings (SSSR count). The second kappa shape index (κ2) is 6.97. The van der Waals surface area contributed by atoms with E-state index in [4.69, 9.17) is 13.9 Å². The van der Waals surface area contributed by atoms with Gasteiger partial charge in [-0.3, -0.25) is 9.59 Å². The number of amides is 1. The quantitative estimate of drug-likeness (QED) is 0.855. The van der Waals surface area contributed by atoms with E-state index in [-0.39, 0.29) is 29.8 Å². The second-order valence-electron chi connectivity index (χ2n) is 5.21. The van der Waals surface area contributed by atoms with Gasteiger partial charge in [-0.1, -0.05) is 0 Å². The van der Waals surface area contributed by atoms with E-state index >= 15 is 0 Å². The average molecular weight is 335 g/mol. The fourth-order valence-electron chi connectivity index (χ4n) is 2.43. The SMILES string of the molecule is Cc1occc(=O)c1OCC(=O)N1CCOC(c2ccsc2)C1. The predicted octanol–water partition coefficient (Wildman–Crippen LogP) is 1.99. The molecule has 1 saturated heterocycles. The highest BCUT2D eigenvalue weighted by Gasteiger charge is 2.26. The van der Waals surface area contributed by atoms with E-state index in [1.807, 2.05) is 16.8 Å². The molecule has 0 aromatic carbocycles. The molecule has 6 nitrogen and oxygen atoms in total. The summed E-state index contributed by atoms with van der Waals surface area (Å²) in [6.45, 7) is 2.93. The Morgan fingerprint density at radius 3 is 3.09 bits per heavy atom. The molecule has 7 heteroatoms. The lowest BCUT2D eigenvalue weighted by atomic mass is 10.1.